The second-order valence-corrected chi connectivity index (χ2v) is 10.1. The van der Waals surface area contributed by atoms with Crippen molar-refractivity contribution < 1.29 is 29.0 Å². The van der Waals surface area contributed by atoms with Gasteiger partial charge in [-0.05, 0) is 60.5 Å². The molecule has 0 aliphatic heterocycles. The van der Waals surface area contributed by atoms with Crippen LogP contribution < -0.4 is 0 Å². The molecular formula is C24H34O6. The van der Waals surface area contributed by atoms with Crippen LogP contribution in [0.2, 0.25) is 0 Å². The van der Waals surface area contributed by atoms with Gasteiger partial charge >= 0.3 is 11.9 Å². The van der Waals surface area contributed by atoms with E-state index in [9.17, 15) is 19.5 Å². The van der Waals surface area contributed by atoms with E-state index in [1.165, 1.54) is 13.8 Å². The molecule has 0 aromatic heterocycles. The van der Waals surface area contributed by atoms with Gasteiger partial charge in [-0.1, -0.05) is 33.4 Å². The summed E-state index contributed by atoms with van der Waals surface area (Å²) in [4.78, 5) is 37.3. The first-order valence-corrected chi connectivity index (χ1v) is 10.8. The van der Waals surface area contributed by atoms with Gasteiger partial charge in [-0.15, -0.1) is 0 Å². The van der Waals surface area contributed by atoms with Gasteiger partial charge in [-0.2, -0.15) is 0 Å². The van der Waals surface area contributed by atoms with Crippen LogP contribution in [0, 0.1) is 29.1 Å². The quantitative estimate of drug-likeness (QED) is 0.546. The first-order chi connectivity index (χ1) is 13.8. The smallest absolute Gasteiger partial charge is 0.303 e. The van der Waals surface area contributed by atoms with Gasteiger partial charge in [0.2, 0.25) is 0 Å². The number of carbonyl (C=O) groups excluding carboxylic acids is 3. The normalized spacial score (nSPS) is 42.2. The Labute approximate surface area is 178 Å². The highest BCUT2D eigenvalue weighted by atomic mass is 16.6. The minimum Gasteiger partial charge on any atom is -0.462 e. The van der Waals surface area contributed by atoms with Crippen LogP contribution in [0.1, 0.15) is 60.8 Å². The van der Waals surface area contributed by atoms with Crippen LogP contribution in [0.4, 0.5) is 0 Å². The van der Waals surface area contributed by atoms with E-state index in [-0.39, 0.29) is 29.5 Å². The topological polar surface area (TPSA) is 89.9 Å². The Morgan fingerprint density at radius 1 is 1.20 bits per heavy atom. The van der Waals surface area contributed by atoms with Crippen molar-refractivity contribution in [2.75, 3.05) is 0 Å². The van der Waals surface area contributed by atoms with E-state index in [4.69, 9.17) is 9.47 Å². The third-order valence-corrected chi connectivity index (χ3v) is 7.52. The number of aliphatic hydroxyl groups is 1. The highest BCUT2D eigenvalue weighted by Crippen LogP contribution is 2.62. The molecule has 30 heavy (non-hydrogen) atoms. The predicted octanol–water partition coefficient (Wildman–Crippen LogP) is 3.37. The lowest BCUT2D eigenvalue weighted by molar-refractivity contribution is -0.168. The molecule has 166 valence electrons. The number of Topliss-reactive ketones (excluding diaryl/α,β-unsaturated/α-hetero) is 1. The lowest BCUT2D eigenvalue weighted by Crippen LogP contribution is -2.52. The van der Waals surface area contributed by atoms with E-state index in [1.54, 1.807) is 6.92 Å². The Morgan fingerprint density at radius 3 is 2.37 bits per heavy atom. The van der Waals surface area contributed by atoms with Gasteiger partial charge < -0.3 is 14.6 Å². The van der Waals surface area contributed by atoms with Crippen molar-refractivity contribution in [3.05, 3.63) is 23.8 Å². The van der Waals surface area contributed by atoms with Gasteiger partial charge in [0.05, 0.1) is 5.92 Å². The van der Waals surface area contributed by atoms with E-state index in [0.29, 0.717) is 23.5 Å². The van der Waals surface area contributed by atoms with Crippen molar-refractivity contribution in [1.29, 1.82) is 0 Å². The van der Waals surface area contributed by atoms with Gasteiger partial charge in [0, 0.05) is 13.8 Å². The maximum absolute atomic E-state index is 13.5. The van der Waals surface area contributed by atoms with Crippen molar-refractivity contribution in [3.63, 3.8) is 0 Å². The zero-order valence-electron chi connectivity index (χ0n) is 18.9. The molecule has 3 aliphatic carbocycles. The van der Waals surface area contributed by atoms with Crippen molar-refractivity contribution in [2.45, 2.75) is 78.6 Å². The third-order valence-electron chi connectivity index (χ3n) is 7.52. The molecule has 7 atom stereocenters. The van der Waals surface area contributed by atoms with Crippen LogP contribution in [0.25, 0.3) is 0 Å². The molecule has 1 N–H and O–H groups in total. The second kappa shape index (κ2) is 7.63. The lowest BCUT2D eigenvalue weighted by atomic mass is 9.77. The molecule has 0 aromatic rings. The monoisotopic (exact) mass is 418 g/mol. The molecule has 3 aliphatic rings. The Morgan fingerprint density at radius 2 is 1.80 bits per heavy atom. The van der Waals surface area contributed by atoms with Crippen LogP contribution in [0.3, 0.4) is 0 Å². The van der Waals surface area contributed by atoms with Gasteiger partial charge in [0.1, 0.15) is 17.8 Å². The molecule has 0 bridgehead atoms. The molecule has 0 radical (unpaired) electrons. The number of hydrogen-bond acceptors (Lipinski definition) is 6. The molecule has 0 unspecified atom stereocenters. The zero-order chi connectivity index (χ0) is 22.6. The zero-order valence-corrected chi connectivity index (χ0v) is 18.9. The number of fused-ring (bicyclic) bond motifs is 2. The number of rotatable bonds is 2. The van der Waals surface area contributed by atoms with E-state index in [2.05, 4.69) is 20.4 Å². The molecule has 6 heteroatoms. The fourth-order valence-electron chi connectivity index (χ4n) is 5.84. The minimum absolute atomic E-state index is 0.0726. The molecule has 0 spiro atoms. The van der Waals surface area contributed by atoms with Crippen molar-refractivity contribution in [2.24, 2.45) is 29.1 Å². The Balaban J connectivity index is 2.12. The molecular weight excluding hydrogens is 384 g/mol. The second-order valence-electron chi connectivity index (χ2n) is 10.1. The average molecular weight is 419 g/mol. The van der Waals surface area contributed by atoms with Gasteiger partial charge in [0.25, 0.3) is 0 Å². The number of ether oxygens (including phenoxy) is 2. The molecule has 6 nitrogen and oxygen atoms in total. The number of ketones is 1. The van der Waals surface area contributed by atoms with E-state index in [0.717, 1.165) is 6.42 Å². The maximum atomic E-state index is 13.5. The highest BCUT2D eigenvalue weighted by molar-refractivity contribution is 6.02. The molecule has 0 amide bonds. The van der Waals surface area contributed by atoms with Crippen LogP contribution >= 0.6 is 0 Å². The number of allylic oxidation sites excluding steroid dienone is 1. The minimum atomic E-state index is -1.80. The summed E-state index contributed by atoms with van der Waals surface area (Å²) in [5.41, 5.74) is -0.577. The lowest BCUT2D eigenvalue weighted by Gasteiger charge is -2.37. The van der Waals surface area contributed by atoms with Crippen molar-refractivity contribution in [1.82, 2.24) is 0 Å². The van der Waals surface area contributed by atoms with Crippen LogP contribution in [-0.2, 0) is 23.9 Å². The predicted molar refractivity (Wildman–Crippen MR) is 111 cm³/mol. The fourth-order valence-corrected chi connectivity index (χ4v) is 5.84. The summed E-state index contributed by atoms with van der Waals surface area (Å²) in [7, 11) is 0. The summed E-state index contributed by atoms with van der Waals surface area (Å²) in [6, 6.07) is 0. The van der Waals surface area contributed by atoms with Crippen molar-refractivity contribution >= 4 is 17.7 Å². The average Bonchev–Trinajstić information content (AvgIpc) is 3.02. The van der Waals surface area contributed by atoms with Crippen LogP contribution in [-0.4, -0.2) is 40.6 Å². The molecule has 0 heterocycles. The van der Waals surface area contributed by atoms with Gasteiger partial charge in [-0.3, -0.25) is 14.4 Å². The van der Waals surface area contributed by atoms with Gasteiger partial charge in [-0.25, -0.2) is 0 Å². The van der Waals surface area contributed by atoms with Gasteiger partial charge in [0.15, 0.2) is 5.78 Å². The summed E-state index contributed by atoms with van der Waals surface area (Å²) in [5, 5.41) is 11.7. The SMILES string of the molecule is C=C1CC[C@H]2[C@@H](/C=C(\C)C(=O)[C@@]3(O)C[C@H](C)[C@H](OC(C)=O)[C@@H]3[C@H]1OC(C)=O)C2(C)C. The summed E-state index contributed by atoms with van der Waals surface area (Å²) in [6.45, 7) is 14.7. The Bertz CT molecular complexity index is 809. The molecule has 3 rings (SSSR count). The van der Waals surface area contributed by atoms with E-state index >= 15 is 0 Å². The number of esters is 2. The maximum Gasteiger partial charge on any atom is 0.303 e. The summed E-state index contributed by atoms with van der Waals surface area (Å²) >= 11 is 0. The molecule has 0 aromatic carbocycles. The highest BCUT2D eigenvalue weighted by Gasteiger charge is 2.62. The largest absolute Gasteiger partial charge is 0.462 e. The molecule has 0 saturated heterocycles. The number of carbonyl (C=O) groups is 3. The van der Waals surface area contributed by atoms with Crippen LogP contribution in [0.5, 0.6) is 0 Å². The summed E-state index contributed by atoms with van der Waals surface area (Å²) in [5.74, 6) is -1.94. The first-order valence-electron chi connectivity index (χ1n) is 10.8. The fraction of sp³-hybridized carbons (Fsp3) is 0.708. The third kappa shape index (κ3) is 3.75. The standard InChI is InChI=1S/C24H34O6/c1-12-8-9-17-18(23(17,6)7)10-13(2)22(27)24(28)11-14(3)21(30-16(5)26)19(24)20(12)29-15(4)25/h10,14,17-21,28H,1,8-9,11H2,2-7H3/b13-10+/t14-,17-,18+,19-,20-,21-,24+/m0/s1. The van der Waals surface area contributed by atoms with Crippen LogP contribution in [0.15, 0.2) is 23.8 Å². The Hall–Kier alpha value is -1.95. The van der Waals surface area contributed by atoms with E-state index < -0.39 is 35.7 Å². The number of hydrogen-bond donors (Lipinski definition) is 1. The first kappa shape index (κ1) is 22.7. The molecule has 2 fully saturated rings. The van der Waals surface area contributed by atoms with Crippen molar-refractivity contribution in [3.8, 4) is 0 Å². The Kier molecular flexibility index (Phi) is 5.78. The summed E-state index contributed by atoms with van der Waals surface area (Å²) < 4.78 is 11.2. The summed E-state index contributed by atoms with van der Waals surface area (Å²) in [6.07, 6.45) is 1.92. The van der Waals surface area contributed by atoms with E-state index in [1.807, 2.05) is 13.0 Å². The molecule has 2 saturated carbocycles.